The molecule has 2 aromatic carbocycles. The van der Waals surface area contributed by atoms with E-state index in [1.54, 1.807) is 20.0 Å². The van der Waals surface area contributed by atoms with Crippen molar-refractivity contribution in [1.29, 1.82) is 5.41 Å². The highest BCUT2D eigenvalue weighted by Crippen LogP contribution is 2.30. The van der Waals surface area contributed by atoms with Gasteiger partial charge in [-0.15, -0.1) is 0 Å². The Bertz CT molecular complexity index is 1020. The van der Waals surface area contributed by atoms with Gasteiger partial charge in [0, 0.05) is 36.1 Å². The molecular weight excluding hydrogens is 351 g/mol. The maximum Gasteiger partial charge on any atom is 0.126 e. The number of benzene rings is 2. The van der Waals surface area contributed by atoms with Crippen molar-refractivity contribution < 1.29 is 4.39 Å². The third-order valence-electron chi connectivity index (χ3n) is 4.79. The van der Waals surface area contributed by atoms with Gasteiger partial charge in [0.15, 0.2) is 0 Å². The molecule has 0 saturated carbocycles. The van der Waals surface area contributed by atoms with Crippen LogP contribution in [0.15, 0.2) is 60.2 Å². The van der Waals surface area contributed by atoms with Crippen LogP contribution in [0.4, 0.5) is 10.1 Å². The van der Waals surface area contributed by atoms with Gasteiger partial charge in [-0.2, -0.15) is 0 Å². The molecule has 28 heavy (non-hydrogen) atoms. The topological polar surface area (TPSA) is 73.9 Å². The number of amidine groups is 1. The second-order valence-electron chi connectivity index (χ2n) is 6.90. The molecule has 0 amide bonds. The van der Waals surface area contributed by atoms with Gasteiger partial charge < -0.3 is 16.4 Å². The van der Waals surface area contributed by atoms with Crippen molar-refractivity contribution in [3.8, 4) is 0 Å². The molecule has 0 spiro atoms. The molecule has 5 N–H and O–H groups in total. The van der Waals surface area contributed by atoms with Crippen molar-refractivity contribution >= 4 is 22.8 Å². The Hall–Kier alpha value is -3.34. The van der Waals surface area contributed by atoms with Crippen LogP contribution in [0.5, 0.6) is 0 Å². The van der Waals surface area contributed by atoms with Gasteiger partial charge in [0.25, 0.3) is 0 Å². The fourth-order valence-electron chi connectivity index (χ4n) is 3.22. The fourth-order valence-corrected chi connectivity index (χ4v) is 3.22. The van der Waals surface area contributed by atoms with E-state index in [9.17, 15) is 4.39 Å². The van der Waals surface area contributed by atoms with Crippen LogP contribution in [0.25, 0.3) is 11.3 Å². The summed E-state index contributed by atoms with van der Waals surface area (Å²) in [7, 11) is 1.80. The zero-order valence-electron chi connectivity index (χ0n) is 16.4. The van der Waals surface area contributed by atoms with Crippen molar-refractivity contribution in [3.63, 3.8) is 0 Å². The van der Waals surface area contributed by atoms with Crippen LogP contribution < -0.4 is 16.4 Å². The normalized spacial score (nSPS) is 19.6. The molecule has 0 fully saturated rings. The number of hydrogen-bond donors (Lipinski definition) is 4. The molecule has 1 aliphatic heterocycles. The summed E-state index contributed by atoms with van der Waals surface area (Å²) in [6.07, 6.45) is 6.11. The van der Waals surface area contributed by atoms with E-state index in [-0.39, 0.29) is 11.7 Å². The predicted molar refractivity (Wildman–Crippen MR) is 116 cm³/mol. The molecule has 4 nitrogen and oxygen atoms in total. The van der Waals surface area contributed by atoms with Crippen molar-refractivity contribution in [2.24, 2.45) is 5.73 Å². The van der Waals surface area contributed by atoms with Crippen molar-refractivity contribution in [3.05, 3.63) is 88.3 Å². The number of nitrogens with one attached hydrogen (secondary N) is 3. The second-order valence-corrected chi connectivity index (χ2v) is 6.90. The lowest BCUT2D eigenvalue weighted by Crippen LogP contribution is -2.18. The molecule has 1 aliphatic rings. The zero-order valence-corrected chi connectivity index (χ0v) is 16.4. The summed E-state index contributed by atoms with van der Waals surface area (Å²) >= 11 is 0. The minimum absolute atomic E-state index is 0.00417. The molecule has 0 atom stereocenters. The summed E-state index contributed by atoms with van der Waals surface area (Å²) in [5, 5.41) is 14.5. The fraction of sp³-hybridized carbons (Fsp3) is 0.174. The van der Waals surface area contributed by atoms with E-state index >= 15 is 0 Å². The van der Waals surface area contributed by atoms with Crippen molar-refractivity contribution in [2.75, 3.05) is 18.9 Å². The Labute approximate surface area is 165 Å². The molecule has 0 saturated heterocycles. The lowest BCUT2D eigenvalue weighted by Gasteiger charge is -2.20. The second kappa shape index (κ2) is 8.13. The van der Waals surface area contributed by atoms with Crippen LogP contribution in [0, 0.1) is 18.2 Å². The highest BCUT2D eigenvalue weighted by Gasteiger charge is 2.15. The third kappa shape index (κ3) is 3.98. The number of halogens is 1. The first-order chi connectivity index (χ1) is 13.4. The van der Waals surface area contributed by atoms with Crippen LogP contribution in [-0.2, 0) is 0 Å². The summed E-state index contributed by atoms with van der Waals surface area (Å²) in [4.78, 5) is 0. The number of anilines is 1. The Morgan fingerprint density at radius 1 is 1.14 bits per heavy atom. The monoisotopic (exact) mass is 376 g/mol. The summed E-state index contributed by atoms with van der Waals surface area (Å²) in [6, 6.07) is 10.9. The molecule has 5 heteroatoms. The van der Waals surface area contributed by atoms with E-state index in [1.165, 1.54) is 11.6 Å². The van der Waals surface area contributed by atoms with Gasteiger partial charge in [-0.05, 0) is 60.9 Å². The van der Waals surface area contributed by atoms with E-state index in [4.69, 9.17) is 11.1 Å². The van der Waals surface area contributed by atoms with Gasteiger partial charge in [0.05, 0.1) is 0 Å². The zero-order chi connectivity index (χ0) is 20.3. The van der Waals surface area contributed by atoms with Crippen molar-refractivity contribution in [2.45, 2.75) is 13.8 Å². The van der Waals surface area contributed by atoms with Crippen molar-refractivity contribution in [1.82, 2.24) is 5.32 Å². The first-order valence-electron chi connectivity index (χ1n) is 9.15. The van der Waals surface area contributed by atoms with Gasteiger partial charge in [-0.1, -0.05) is 29.9 Å². The molecule has 1 heterocycles. The summed E-state index contributed by atoms with van der Waals surface area (Å²) in [6.45, 7) is 4.51. The number of hydrogen-bond acceptors (Lipinski definition) is 3. The number of rotatable bonds is 4. The Kier molecular flexibility index (Phi) is 5.64. The van der Waals surface area contributed by atoms with Gasteiger partial charge in [0.2, 0.25) is 0 Å². The lowest BCUT2D eigenvalue weighted by atomic mass is 9.94. The van der Waals surface area contributed by atoms with Crippen LogP contribution in [0.2, 0.25) is 0 Å². The van der Waals surface area contributed by atoms with Gasteiger partial charge in [0.1, 0.15) is 11.7 Å². The third-order valence-corrected chi connectivity index (χ3v) is 4.79. The minimum Gasteiger partial charge on any atom is -0.388 e. The highest BCUT2D eigenvalue weighted by molar-refractivity contribution is 6.03. The highest BCUT2D eigenvalue weighted by atomic mass is 19.1. The smallest absolute Gasteiger partial charge is 0.126 e. The number of nitrogen functional groups attached to an aromatic ring is 1. The molecule has 0 aliphatic carbocycles. The Morgan fingerprint density at radius 3 is 2.57 bits per heavy atom. The molecule has 2 aromatic rings. The van der Waals surface area contributed by atoms with E-state index in [0.717, 1.165) is 28.1 Å². The molecule has 0 unspecified atom stereocenters. The molecule has 3 rings (SSSR count). The number of allylic oxidation sites excluding steroid dienone is 4. The molecule has 0 bridgehead atoms. The molecule has 0 radical (unpaired) electrons. The maximum atomic E-state index is 13.8. The molecular formula is C23H25FN4. The SMILES string of the molecule is CNc1ccc(C2=C(\c3ccc(F)c(C)c3)NC/C(C)=C/C=C\2)cc1C(=N)N. The average molecular weight is 376 g/mol. The van der Waals surface area contributed by atoms with Gasteiger partial charge in [-0.25, -0.2) is 4.39 Å². The van der Waals surface area contributed by atoms with E-state index < -0.39 is 0 Å². The van der Waals surface area contributed by atoms with Gasteiger partial charge in [-0.3, -0.25) is 5.41 Å². The first kappa shape index (κ1) is 19.4. The maximum absolute atomic E-state index is 13.8. The molecule has 144 valence electrons. The predicted octanol–water partition coefficient (Wildman–Crippen LogP) is 4.43. The summed E-state index contributed by atoms with van der Waals surface area (Å²) in [5.74, 6) is -0.217. The molecule has 0 aromatic heterocycles. The van der Waals surface area contributed by atoms with E-state index in [2.05, 4.69) is 23.6 Å². The van der Waals surface area contributed by atoms with Crippen LogP contribution in [0.3, 0.4) is 0 Å². The summed E-state index contributed by atoms with van der Waals surface area (Å²) < 4.78 is 13.8. The quantitative estimate of drug-likeness (QED) is 0.471. The number of aryl methyl sites for hydroxylation is 1. The van der Waals surface area contributed by atoms with Crippen LogP contribution in [0.1, 0.15) is 29.2 Å². The van der Waals surface area contributed by atoms with Gasteiger partial charge >= 0.3 is 0 Å². The van der Waals surface area contributed by atoms with Crippen LogP contribution >= 0.6 is 0 Å². The van der Waals surface area contributed by atoms with E-state index in [1.807, 2.05) is 36.4 Å². The largest absolute Gasteiger partial charge is 0.388 e. The minimum atomic E-state index is -0.222. The standard InChI is InChI=1S/C23H25FN4/c1-14-5-4-6-18(16-8-10-21(27-3)19(12-16)23(25)26)22(28-13-14)17-7-9-20(24)15(2)11-17/h4-12,27-28H,13H2,1-3H3,(H3,25,26)/b6-4-,14-5+,22-18+. The average Bonchev–Trinajstić information content (AvgIpc) is 2.66. The first-order valence-corrected chi connectivity index (χ1v) is 9.15. The Balaban J connectivity index is 2.23. The summed E-state index contributed by atoms with van der Waals surface area (Å²) in [5.41, 5.74) is 12.7. The van der Waals surface area contributed by atoms with E-state index in [0.29, 0.717) is 17.7 Å². The van der Waals surface area contributed by atoms with Crippen LogP contribution in [-0.4, -0.2) is 19.4 Å². The Morgan fingerprint density at radius 2 is 1.89 bits per heavy atom. The lowest BCUT2D eigenvalue weighted by molar-refractivity contribution is 0.618. The number of nitrogens with two attached hydrogens (primary N) is 1.